The van der Waals surface area contributed by atoms with E-state index in [2.05, 4.69) is 5.32 Å². The van der Waals surface area contributed by atoms with E-state index in [4.69, 9.17) is 12.2 Å². The molecular weight excluding hydrogens is 299 g/mol. The molecule has 0 radical (unpaired) electrons. The maximum atomic E-state index is 13.1. The zero-order valence-electron chi connectivity index (χ0n) is 12.5. The number of hydrogen-bond acceptors (Lipinski definition) is 2. The van der Waals surface area contributed by atoms with Gasteiger partial charge in [-0.15, -0.1) is 0 Å². The molecule has 22 heavy (non-hydrogen) atoms. The maximum absolute atomic E-state index is 13.1. The molecule has 1 unspecified atom stereocenters. The average molecular weight is 317 g/mol. The molecule has 0 amide bonds. The molecule has 0 aliphatic rings. The number of likely N-dealkylation sites (N-methyl/N-ethyl adjacent to an activating group) is 1. The lowest BCUT2D eigenvalue weighted by molar-refractivity contribution is -0.692. The smallest absolute Gasteiger partial charge is 0.270 e. The number of nitrogens with one attached hydrogen (secondary N) is 1. The maximum Gasteiger partial charge on any atom is 0.270 e. The third kappa shape index (κ3) is 3.74. The van der Waals surface area contributed by atoms with Gasteiger partial charge in [-0.3, -0.25) is 4.79 Å². The largest absolute Gasteiger partial charge is 0.374 e. The van der Waals surface area contributed by atoms with Crippen LogP contribution in [0.5, 0.6) is 0 Å². The summed E-state index contributed by atoms with van der Waals surface area (Å²) in [5, 5.41) is 3.04. The van der Waals surface area contributed by atoms with E-state index in [1.54, 1.807) is 4.57 Å². The first-order valence-electron chi connectivity index (χ1n) is 7.08. The molecule has 0 bridgehead atoms. The van der Waals surface area contributed by atoms with E-state index in [1.807, 2.05) is 38.4 Å². The Balaban J connectivity index is 2.42. The number of ketones is 1. The summed E-state index contributed by atoms with van der Waals surface area (Å²) < 4.78 is 14.8. The summed E-state index contributed by atoms with van der Waals surface area (Å²) in [5.41, 5.74) is 1.46. The Morgan fingerprint density at radius 2 is 2.00 bits per heavy atom. The highest BCUT2D eigenvalue weighted by Gasteiger charge is 2.32. The molecule has 0 aliphatic heterocycles. The monoisotopic (exact) mass is 317 g/mol. The number of pyridine rings is 1. The van der Waals surface area contributed by atoms with Crippen molar-refractivity contribution in [2.24, 2.45) is 0 Å². The van der Waals surface area contributed by atoms with Crippen molar-refractivity contribution in [1.82, 2.24) is 5.32 Å². The molecule has 1 aromatic carbocycles. The second-order valence-electron chi connectivity index (χ2n) is 5.00. The highest BCUT2D eigenvalue weighted by atomic mass is 32.1. The second kappa shape index (κ2) is 7.22. The van der Waals surface area contributed by atoms with Crippen molar-refractivity contribution in [3.8, 4) is 0 Å². The first kappa shape index (κ1) is 16.2. The van der Waals surface area contributed by atoms with Crippen molar-refractivity contribution in [3.63, 3.8) is 0 Å². The molecule has 1 atom stereocenters. The number of aromatic nitrogens is 1. The fourth-order valence-corrected chi connectivity index (χ4v) is 2.58. The van der Waals surface area contributed by atoms with Gasteiger partial charge < -0.3 is 5.32 Å². The van der Waals surface area contributed by atoms with Crippen molar-refractivity contribution in [3.05, 3.63) is 65.7 Å². The van der Waals surface area contributed by atoms with Gasteiger partial charge in [0.15, 0.2) is 17.4 Å². The molecule has 5 heteroatoms. The van der Waals surface area contributed by atoms with Crippen LogP contribution in [0.1, 0.15) is 28.9 Å². The molecule has 3 nitrogen and oxygen atoms in total. The van der Waals surface area contributed by atoms with Gasteiger partial charge in [0, 0.05) is 23.7 Å². The second-order valence-corrected chi connectivity index (χ2v) is 5.44. The predicted octanol–water partition coefficient (Wildman–Crippen LogP) is 2.78. The van der Waals surface area contributed by atoms with Crippen LogP contribution < -0.4 is 9.88 Å². The molecule has 1 heterocycles. The van der Waals surface area contributed by atoms with Gasteiger partial charge in [-0.05, 0) is 44.2 Å². The summed E-state index contributed by atoms with van der Waals surface area (Å²) in [6, 6.07) is 8.70. The standard InChI is InChI=1S/C17H17FN2OS/c1-3-19-17(22)15(20-10-4-5-12(2)11-20)16(21)13-6-8-14(18)9-7-13/h4-11,15H,3H2,1-2H3/p+1. The van der Waals surface area contributed by atoms with Gasteiger partial charge in [0.05, 0.1) is 0 Å². The third-order valence-corrected chi connectivity index (χ3v) is 3.61. The molecule has 1 aromatic heterocycles. The van der Waals surface area contributed by atoms with Crippen molar-refractivity contribution in [2.45, 2.75) is 19.9 Å². The predicted molar refractivity (Wildman–Crippen MR) is 87.4 cm³/mol. The highest BCUT2D eigenvalue weighted by Crippen LogP contribution is 2.12. The molecule has 114 valence electrons. The summed E-state index contributed by atoms with van der Waals surface area (Å²) in [5.74, 6) is -0.535. The van der Waals surface area contributed by atoms with Crippen molar-refractivity contribution < 1.29 is 13.8 Å². The van der Waals surface area contributed by atoms with Crippen molar-refractivity contribution >= 4 is 23.0 Å². The minimum Gasteiger partial charge on any atom is -0.374 e. The summed E-state index contributed by atoms with van der Waals surface area (Å²) in [6.45, 7) is 4.51. The Labute approximate surface area is 134 Å². The van der Waals surface area contributed by atoms with Gasteiger partial charge in [-0.2, -0.15) is 4.57 Å². The number of rotatable bonds is 5. The Kier molecular flexibility index (Phi) is 5.33. The number of Topliss-reactive ketones (excluding diaryl/α,β-unsaturated/α-hetero) is 1. The summed E-state index contributed by atoms with van der Waals surface area (Å²) >= 11 is 5.38. The van der Waals surface area contributed by atoms with Gasteiger partial charge >= 0.3 is 0 Å². The zero-order valence-corrected chi connectivity index (χ0v) is 13.4. The summed E-state index contributed by atoms with van der Waals surface area (Å²) in [7, 11) is 0. The third-order valence-electron chi connectivity index (χ3n) is 3.24. The van der Waals surface area contributed by atoms with Crippen molar-refractivity contribution in [1.29, 1.82) is 0 Å². The Morgan fingerprint density at radius 3 is 2.59 bits per heavy atom. The molecule has 0 saturated carbocycles. The lowest BCUT2D eigenvalue weighted by atomic mass is 10.0. The molecule has 0 spiro atoms. The summed E-state index contributed by atoms with van der Waals surface area (Å²) in [4.78, 5) is 13.3. The number of halogens is 1. The van der Waals surface area contributed by atoms with Gasteiger partial charge in [-0.25, -0.2) is 4.39 Å². The quantitative estimate of drug-likeness (QED) is 0.523. The van der Waals surface area contributed by atoms with Crippen LogP contribution in [0.15, 0.2) is 48.8 Å². The molecule has 0 fully saturated rings. The van der Waals surface area contributed by atoms with Crippen molar-refractivity contribution in [2.75, 3.05) is 6.54 Å². The Hall–Kier alpha value is -2.14. The average Bonchev–Trinajstić information content (AvgIpc) is 2.48. The number of carbonyl (C=O) groups is 1. The number of carbonyl (C=O) groups excluding carboxylic acids is 1. The number of hydrogen-bond donors (Lipinski definition) is 1. The van der Waals surface area contributed by atoms with E-state index in [-0.39, 0.29) is 11.6 Å². The minimum atomic E-state index is -0.639. The van der Waals surface area contributed by atoms with Crippen LogP contribution in [-0.2, 0) is 0 Å². The SMILES string of the molecule is CCNC(=S)C(C(=O)c1ccc(F)cc1)[n+]1cccc(C)c1. The van der Waals surface area contributed by atoms with Crippen LogP contribution >= 0.6 is 12.2 Å². The lowest BCUT2D eigenvalue weighted by Gasteiger charge is -2.14. The molecule has 0 saturated heterocycles. The molecule has 0 aliphatic carbocycles. The minimum absolute atomic E-state index is 0.165. The first-order chi connectivity index (χ1) is 10.5. The van der Waals surface area contributed by atoms with E-state index in [0.717, 1.165) is 5.56 Å². The van der Waals surface area contributed by atoms with E-state index in [0.29, 0.717) is 17.1 Å². The normalized spacial score (nSPS) is 11.8. The molecule has 2 aromatic rings. The Bertz CT molecular complexity index is 685. The topological polar surface area (TPSA) is 33.0 Å². The lowest BCUT2D eigenvalue weighted by Crippen LogP contribution is -2.51. The van der Waals surface area contributed by atoms with E-state index in [9.17, 15) is 9.18 Å². The van der Waals surface area contributed by atoms with Crippen LogP contribution in [0.4, 0.5) is 4.39 Å². The van der Waals surface area contributed by atoms with Crippen LogP contribution in [0, 0.1) is 12.7 Å². The first-order valence-corrected chi connectivity index (χ1v) is 7.48. The van der Waals surface area contributed by atoms with Gasteiger partial charge in [0.25, 0.3) is 6.04 Å². The molecule has 1 N–H and O–H groups in total. The van der Waals surface area contributed by atoms with Gasteiger partial charge in [-0.1, -0.05) is 12.2 Å². The highest BCUT2D eigenvalue weighted by molar-refractivity contribution is 7.80. The van der Waals surface area contributed by atoms with E-state index >= 15 is 0 Å². The number of thiocarbonyl (C=S) groups is 1. The van der Waals surface area contributed by atoms with E-state index in [1.165, 1.54) is 24.3 Å². The Morgan fingerprint density at radius 1 is 1.32 bits per heavy atom. The molecular formula is C17H18FN2OS+. The molecule has 2 rings (SSSR count). The van der Waals surface area contributed by atoms with Crippen LogP contribution in [-0.4, -0.2) is 17.3 Å². The van der Waals surface area contributed by atoms with Gasteiger partial charge in [0.1, 0.15) is 5.82 Å². The zero-order chi connectivity index (χ0) is 16.1. The van der Waals surface area contributed by atoms with Crippen LogP contribution in [0.2, 0.25) is 0 Å². The van der Waals surface area contributed by atoms with E-state index < -0.39 is 6.04 Å². The number of aryl methyl sites for hydroxylation is 1. The number of benzene rings is 1. The fraction of sp³-hybridized carbons (Fsp3) is 0.235. The number of nitrogens with zero attached hydrogens (tertiary/aromatic N) is 1. The van der Waals surface area contributed by atoms with Crippen LogP contribution in [0.3, 0.4) is 0 Å². The van der Waals surface area contributed by atoms with Crippen LogP contribution in [0.25, 0.3) is 0 Å². The van der Waals surface area contributed by atoms with Gasteiger partial charge in [0.2, 0.25) is 5.78 Å². The fourth-order valence-electron chi connectivity index (χ4n) is 2.21. The summed E-state index contributed by atoms with van der Waals surface area (Å²) in [6.07, 6.45) is 3.68.